The van der Waals surface area contributed by atoms with E-state index in [1.54, 1.807) is 0 Å². The molecule has 1 aliphatic carbocycles. The van der Waals surface area contributed by atoms with Crippen molar-refractivity contribution in [2.75, 3.05) is 0 Å². The van der Waals surface area contributed by atoms with Crippen LogP contribution >= 0.6 is 0 Å². The highest BCUT2D eigenvalue weighted by molar-refractivity contribution is 5.70. The van der Waals surface area contributed by atoms with Crippen molar-refractivity contribution in [1.82, 2.24) is 5.32 Å². The van der Waals surface area contributed by atoms with E-state index in [1.807, 2.05) is 6.07 Å². The standard InChI is InChI=1S/C17H25NO2/c1-2-6-16(13-7-4-3-5-8-13)18-15-11-9-14(10-12-15)17(19)20/h3-5,7-8,14-16,18H,2,6,9-12H2,1H3,(H,19,20). The lowest BCUT2D eigenvalue weighted by molar-refractivity contribution is -0.142. The molecular weight excluding hydrogens is 250 g/mol. The summed E-state index contributed by atoms with van der Waals surface area (Å²) in [4.78, 5) is 11.0. The van der Waals surface area contributed by atoms with Gasteiger partial charge < -0.3 is 10.4 Å². The number of carbonyl (C=O) groups is 1. The number of nitrogens with one attached hydrogen (secondary N) is 1. The van der Waals surface area contributed by atoms with Crippen molar-refractivity contribution in [2.45, 2.75) is 57.5 Å². The molecule has 2 rings (SSSR count). The van der Waals surface area contributed by atoms with Crippen molar-refractivity contribution >= 4 is 5.97 Å². The summed E-state index contributed by atoms with van der Waals surface area (Å²) in [6, 6.07) is 11.4. The van der Waals surface area contributed by atoms with Crippen LogP contribution in [0, 0.1) is 5.92 Å². The third-order valence-electron chi connectivity index (χ3n) is 4.29. The summed E-state index contributed by atoms with van der Waals surface area (Å²) in [5.41, 5.74) is 1.34. The average molecular weight is 275 g/mol. The summed E-state index contributed by atoms with van der Waals surface area (Å²) in [5.74, 6) is -0.758. The fourth-order valence-corrected chi connectivity index (χ4v) is 3.11. The van der Waals surface area contributed by atoms with Gasteiger partial charge >= 0.3 is 5.97 Å². The quantitative estimate of drug-likeness (QED) is 0.831. The lowest BCUT2D eigenvalue weighted by Crippen LogP contribution is -2.37. The largest absolute Gasteiger partial charge is 0.481 e. The van der Waals surface area contributed by atoms with Crippen molar-refractivity contribution < 1.29 is 9.90 Å². The highest BCUT2D eigenvalue weighted by atomic mass is 16.4. The number of benzene rings is 1. The fourth-order valence-electron chi connectivity index (χ4n) is 3.11. The molecule has 1 saturated carbocycles. The molecule has 1 aromatic carbocycles. The molecule has 0 aromatic heterocycles. The maximum Gasteiger partial charge on any atom is 0.306 e. The van der Waals surface area contributed by atoms with Gasteiger partial charge in [-0.05, 0) is 37.7 Å². The monoisotopic (exact) mass is 275 g/mol. The summed E-state index contributed by atoms with van der Waals surface area (Å²) >= 11 is 0. The van der Waals surface area contributed by atoms with Gasteiger partial charge in [-0.1, -0.05) is 43.7 Å². The summed E-state index contributed by atoms with van der Waals surface area (Å²) in [5, 5.41) is 12.8. The molecule has 0 radical (unpaired) electrons. The van der Waals surface area contributed by atoms with Crippen LogP contribution < -0.4 is 5.32 Å². The smallest absolute Gasteiger partial charge is 0.306 e. The van der Waals surface area contributed by atoms with Crippen LogP contribution in [-0.2, 0) is 4.79 Å². The highest BCUT2D eigenvalue weighted by Crippen LogP contribution is 2.27. The van der Waals surface area contributed by atoms with Gasteiger partial charge in [-0.15, -0.1) is 0 Å². The molecule has 0 saturated heterocycles. The Labute approximate surface area is 121 Å². The maximum absolute atomic E-state index is 11.0. The Hall–Kier alpha value is -1.35. The van der Waals surface area contributed by atoms with Crippen molar-refractivity contribution in [3.8, 4) is 0 Å². The van der Waals surface area contributed by atoms with Gasteiger partial charge in [-0.25, -0.2) is 0 Å². The summed E-state index contributed by atoms with van der Waals surface area (Å²) < 4.78 is 0. The zero-order valence-electron chi connectivity index (χ0n) is 12.2. The second kappa shape index (κ2) is 7.44. The van der Waals surface area contributed by atoms with Gasteiger partial charge in [0.05, 0.1) is 5.92 Å². The van der Waals surface area contributed by atoms with Crippen LogP contribution in [0.4, 0.5) is 0 Å². The summed E-state index contributed by atoms with van der Waals surface area (Å²) in [7, 11) is 0. The third kappa shape index (κ3) is 4.07. The molecule has 20 heavy (non-hydrogen) atoms. The summed E-state index contributed by atoms with van der Waals surface area (Å²) in [6.45, 7) is 2.21. The van der Waals surface area contributed by atoms with Gasteiger partial charge in [-0.3, -0.25) is 4.79 Å². The zero-order valence-corrected chi connectivity index (χ0v) is 12.2. The lowest BCUT2D eigenvalue weighted by atomic mass is 9.85. The molecule has 110 valence electrons. The van der Waals surface area contributed by atoms with Gasteiger partial charge in [0, 0.05) is 12.1 Å². The van der Waals surface area contributed by atoms with E-state index in [-0.39, 0.29) is 5.92 Å². The van der Waals surface area contributed by atoms with Crippen molar-refractivity contribution in [3.63, 3.8) is 0 Å². The molecule has 0 spiro atoms. The minimum atomic E-state index is -0.628. The molecule has 1 unspecified atom stereocenters. The molecule has 0 heterocycles. The van der Waals surface area contributed by atoms with E-state index < -0.39 is 5.97 Å². The van der Waals surface area contributed by atoms with Gasteiger partial charge in [0.1, 0.15) is 0 Å². The van der Waals surface area contributed by atoms with Crippen LogP contribution in [0.5, 0.6) is 0 Å². The molecule has 0 bridgehead atoms. The van der Waals surface area contributed by atoms with E-state index in [0.29, 0.717) is 12.1 Å². The molecule has 2 N–H and O–H groups in total. The predicted molar refractivity (Wildman–Crippen MR) is 80.6 cm³/mol. The van der Waals surface area contributed by atoms with Crippen LogP contribution in [0.1, 0.15) is 57.1 Å². The number of hydrogen-bond acceptors (Lipinski definition) is 2. The number of rotatable bonds is 6. The number of hydrogen-bond donors (Lipinski definition) is 2. The van der Waals surface area contributed by atoms with Gasteiger partial charge in [0.15, 0.2) is 0 Å². The first-order valence-corrected chi connectivity index (χ1v) is 7.74. The molecule has 1 fully saturated rings. The topological polar surface area (TPSA) is 49.3 Å². The minimum Gasteiger partial charge on any atom is -0.481 e. The molecule has 1 atom stereocenters. The molecule has 0 aliphatic heterocycles. The van der Waals surface area contributed by atoms with Crippen LogP contribution in [0.15, 0.2) is 30.3 Å². The van der Waals surface area contributed by atoms with Crippen molar-refractivity contribution in [3.05, 3.63) is 35.9 Å². The molecule has 0 amide bonds. The van der Waals surface area contributed by atoms with E-state index in [1.165, 1.54) is 5.56 Å². The van der Waals surface area contributed by atoms with Crippen LogP contribution in [0.3, 0.4) is 0 Å². The van der Waals surface area contributed by atoms with Gasteiger partial charge in [0.2, 0.25) is 0 Å². The molecular formula is C17H25NO2. The van der Waals surface area contributed by atoms with Crippen LogP contribution in [0.25, 0.3) is 0 Å². The SMILES string of the molecule is CCCC(NC1CCC(C(=O)O)CC1)c1ccccc1. The average Bonchev–Trinajstić information content (AvgIpc) is 2.48. The van der Waals surface area contributed by atoms with Crippen molar-refractivity contribution in [2.24, 2.45) is 5.92 Å². The Morgan fingerprint density at radius 2 is 1.90 bits per heavy atom. The second-order valence-electron chi connectivity index (χ2n) is 5.81. The van der Waals surface area contributed by atoms with Gasteiger partial charge in [-0.2, -0.15) is 0 Å². The first-order valence-electron chi connectivity index (χ1n) is 7.74. The Morgan fingerprint density at radius 3 is 2.45 bits per heavy atom. The third-order valence-corrected chi connectivity index (χ3v) is 4.29. The Kier molecular flexibility index (Phi) is 5.60. The normalized spacial score (nSPS) is 24.2. The molecule has 1 aliphatic rings. The predicted octanol–water partition coefficient (Wildman–Crippen LogP) is 3.76. The highest BCUT2D eigenvalue weighted by Gasteiger charge is 2.27. The van der Waals surface area contributed by atoms with Gasteiger partial charge in [0.25, 0.3) is 0 Å². The molecule has 3 heteroatoms. The van der Waals surface area contributed by atoms with E-state index >= 15 is 0 Å². The Bertz CT molecular complexity index is 410. The second-order valence-corrected chi connectivity index (χ2v) is 5.81. The van der Waals surface area contributed by atoms with E-state index in [2.05, 4.69) is 36.5 Å². The summed E-state index contributed by atoms with van der Waals surface area (Å²) in [6.07, 6.45) is 5.84. The first kappa shape index (κ1) is 15.0. The first-order chi connectivity index (χ1) is 9.70. The zero-order chi connectivity index (χ0) is 14.4. The fraction of sp³-hybridized carbons (Fsp3) is 0.588. The number of aliphatic carboxylic acids is 1. The maximum atomic E-state index is 11.0. The van der Waals surface area contributed by atoms with Crippen molar-refractivity contribution in [1.29, 1.82) is 0 Å². The Balaban J connectivity index is 1.91. The number of carboxylic acids is 1. The minimum absolute atomic E-state index is 0.130. The van der Waals surface area contributed by atoms with Crippen LogP contribution in [0.2, 0.25) is 0 Å². The van der Waals surface area contributed by atoms with E-state index in [9.17, 15) is 4.79 Å². The Morgan fingerprint density at radius 1 is 1.25 bits per heavy atom. The van der Waals surface area contributed by atoms with E-state index in [0.717, 1.165) is 38.5 Å². The lowest BCUT2D eigenvalue weighted by Gasteiger charge is -2.31. The van der Waals surface area contributed by atoms with Crippen LogP contribution in [-0.4, -0.2) is 17.1 Å². The number of carboxylic acid groups (broad SMARTS) is 1. The molecule has 3 nitrogen and oxygen atoms in total. The van der Waals surface area contributed by atoms with E-state index in [4.69, 9.17) is 5.11 Å². The molecule has 1 aromatic rings.